The van der Waals surface area contributed by atoms with Crippen LogP contribution in [-0.4, -0.2) is 46.4 Å². The zero-order valence-corrected chi connectivity index (χ0v) is 70.3. The highest BCUT2D eigenvalue weighted by atomic mass is 32.1. The van der Waals surface area contributed by atoms with Crippen molar-refractivity contribution in [2.45, 2.75) is 208 Å². The normalized spacial score (nSPS) is 10.6. The average Bonchev–Trinajstić information content (AvgIpc) is 1.57. The van der Waals surface area contributed by atoms with Crippen LogP contribution in [0.3, 0.4) is 0 Å². The van der Waals surface area contributed by atoms with E-state index in [4.69, 9.17) is 18.9 Å². The van der Waals surface area contributed by atoms with Crippen LogP contribution in [-0.2, 0) is 6.42 Å². The number of hydrogen-bond donors (Lipinski definition) is 0. The van der Waals surface area contributed by atoms with E-state index in [9.17, 15) is 0 Å². The highest BCUT2D eigenvalue weighted by molar-refractivity contribution is 7.13. The number of unbranched alkanes of at least 4 members (excludes halogenated alkanes) is 21. The van der Waals surface area contributed by atoms with Crippen LogP contribution in [0, 0.1) is 71.0 Å². The molecule has 8 nitrogen and oxygen atoms in total. The molecule has 0 aliphatic carbocycles. The number of pyridine rings is 4. The lowest BCUT2D eigenvalue weighted by atomic mass is 10.0. The smallest absolute Gasteiger partial charge is 0.136 e. The molecule has 0 amide bonds. The maximum atomic E-state index is 6.58. The van der Waals surface area contributed by atoms with E-state index >= 15 is 0 Å². The van der Waals surface area contributed by atoms with E-state index in [-0.39, 0.29) is 0 Å². The second-order valence-electron chi connectivity index (χ2n) is 29.8. The van der Waals surface area contributed by atoms with E-state index in [2.05, 4.69) is 229 Å². The van der Waals surface area contributed by atoms with Gasteiger partial charge in [0.25, 0.3) is 0 Å². The summed E-state index contributed by atoms with van der Waals surface area (Å²) in [6.45, 7) is 13.6. The van der Waals surface area contributed by atoms with Gasteiger partial charge in [-0.15, -0.1) is 11.3 Å². The van der Waals surface area contributed by atoms with Crippen LogP contribution in [0.15, 0.2) is 213 Å². The molecule has 117 heavy (non-hydrogen) atoms. The fraction of sp³-hybridized carbons (Fsp3) is 0.333. The molecule has 5 heterocycles. The van der Waals surface area contributed by atoms with Gasteiger partial charge in [-0.05, 0) is 169 Å². The van der Waals surface area contributed by atoms with Crippen molar-refractivity contribution in [3.63, 3.8) is 0 Å². The molecule has 0 saturated carbocycles. The lowest BCUT2D eigenvalue weighted by molar-refractivity contribution is 0.295. The molecule has 11 rings (SSSR count). The maximum Gasteiger partial charge on any atom is 0.136 e. The maximum absolute atomic E-state index is 6.58. The van der Waals surface area contributed by atoms with Crippen molar-refractivity contribution in [1.82, 2.24) is 19.9 Å². The van der Waals surface area contributed by atoms with Crippen LogP contribution >= 0.6 is 11.3 Å². The Labute approximate surface area is 702 Å². The molecule has 0 spiro atoms. The SMILES string of the molecule is CCCCCCCCc1cc(C#Cc2ccc(-c3ccc(C#Cc4cc(OCCCCCCC)c(C#Cc5ccc(-c6ccccn6)nc5)cc4OCCCCCCC)cc3)cc2)sc1C#Cc1ccc(-c2ccc(C#Cc3cc(OCCCCCCC)c(C#Cc4ccc(-c5ccccn5)nc4)cc3OCCCCCCC)cc2)cc1. The van der Waals surface area contributed by atoms with Gasteiger partial charge in [0, 0.05) is 82.4 Å². The molecule has 0 radical (unpaired) electrons. The van der Waals surface area contributed by atoms with E-state index in [1.807, 2.05) is 84.9 Å². The van der Waals surface area contributed by atoms with Crippen molar-refractivity contribution >= 4 is 11.3 Å². The molecule has 0 saturated heterocycles. The summed E-state index contributed by atoms with van der Waals surface area (Å²) in [5, 5.41) is 0. The summed E-state index contributed by atoms with van der Waals surface area (Å²) in [7, 11) is 0. The standard InChI is InChI=1S/C108H112N4O4S/c1-6-11-16-21-22-27-36-98-77-99(67-51-86-43-59-92(60-44-86)90-55-39-84(40-56-90)47-63-94-78-106(115-75-34-25-19-14-9-4)96(80-104(94)113-73-32-23-17-12-7-2)65-49-88-52-68-102(111-82-88)100-37-28-30-71-109-100)117-108(98)70-54-87-45-61-93(62-46-87)91-57-41-85(42-58-91)48-64-95-79-107(116-76-35-26-20-15-10-5)97(81-105(95)114-74-33-24-18-13-8-3)66-50-89-53-69-103(112-83-89)101-38-29-31-72-110-101/h28-31,37-46,52-53,55-62,68-69,71-72,77-83H,6-27,32-36,73-76H2,1-5H3. The number of aromatic nitrogens is 4. The van der Waals surface area contributed by atoms with Crippen molar-refractivity contribution in [2.75, 3.05) is 26.4 Å². The first-order valence-electron chi connectivity index (χ1n) is 43.1. The van der Waals surface area contributed by atoms with E-state index in [0.717, 1.165) is 175 Å². The fourth-order valence-corrected chi connectivity index (χ4v) is 14.4. The third-order valence-electron chi connectivity index (χ3n) is 20.4. The Kier molecular flexibility index (Phi) is 36.2. The molecular formula is C108H112N4O4S. The minimum atomic E-state index is 0.595. The summed E-state index contributed by atoms with van der Waals surface area (Å²) in [6, 6.07) is 63.9. The summed E-state index contributed by atoms with van der Waals surface area (Å²) in [4.78, 5) is 20.4. The van der Waals surface area contributed by atoms with Gasteiger partial charge < -0.3 is 18.9 Å². The monoisotopic (exact) mass is 1560 g/mol. The molecule has 0 fully saturated rings. The van der Waals surface area contributed by atoms with E-state index < -0.39 is 0 Å². The second-order valence-corrected chi connectivity index (χ2v) is 30.9. The van der Waals surface area contributed by atoms with Crippen LogP contribution in [0.4, 0.5) is 0 Å². The van der Waals surface area contributed by atoms with E-state index in [1.165, 1.54) is 115 Å². The van der Waals surface area contributed by atoms with E-state index in [1.54, 1.807) is 36.1 Å². The van der Waals surface area contributed by atoms with Crippen molar-refractivity contribution in [3.8, 4) is 139 Å². The van der Waals surface area contributed by atoms with Crippen molar-refractivity contribution in [2.24, 2.45) is 0 Å². The molecule has 0 aliphatic rings. The van der Waals surface area contributed by atoms with Gasteiger partial charge in [0.15, 0.2) is 0 Å². The zero-order valence-electron chi connectivity index (χ0n) is 69.5. The van der Waals surface area contributed by atoms with Crippen LogP contribution in [0.2, 0.25) is 0 Å². The molecule has 0 N–H and O–H groups in total. The first-order valence-corrected chi connectivity index (χ1v) is 43.9. The van der Waals surface area contributed by atoms with E-state index in [0.29, 0.717) is 49.4 Å². The minimum Gasteiger partial charge on any atom is -0.492 e. The Morgan fingerprint density at radius 1 is 0.256 bits per heavy atom. The summed E-state index contributed by atoms with van der Waals surface area (Å²) in [5.74, 6) is 44.4. The number of aryl methyl sites for hydroxylation is 1. The molecule has 9 heteroatoms. The van der Waals surface area contributed by atoms with Gasteiger partial charge in [-0.2, -0.15) is 0 Å². The van der Waals surface area contributed by atoms with Crippen LogP contribution in [0.25, 0.3) is 45.0 Å². The van der Waals surface area contributed by atoms with Gasteiger partial charge in [0.1, 0.15) is 23.0 Å². The molecule has 594 valence electrons. The van der Waals surface area contributed by atoms with Gasteiger partial charge in [-0.3, -0.25) is 19.9 Å². The summed E-state index contributed by atoms with van der Waals surface area (Å²) in [5.41, 5.74) is 17.4. The number of rotatable bonds is 39. The van der Waals surface area contributed by atoms with Crippen LogP contribution < -0.4 is 18.9 Å². The molecule has 6 aromatic carbocycles. The average molecular weight is 1560 g/mol. The molecule has 5 aromatic heterocycles. The van der Waals surface area contributed by atoms with Crippen molar-refractivity contribution < 1.29 is 18.9 Å². The van der Waals surface area contributed by atoms with Crippen molar-refractivity contribution in [3.05, 3.63) is 284 Å². The number of thiophene rings is 1. The highest BCUT2D eigenvalue weighted by Crippen LogP contribution is 2.33. The Balaban J connectivity index is 0.766. The second kappa shape index (κ2) is 49.2. The molecular weight excluding hydrogens is 1450 g/mol. The lowest BCUT2D eigenvalue weighted by Gasteiger charge is -2.14. The first kappa shape index (κ1) is 86.0. The first-order chi connectivity index (χ1) is 57.8. The van der Waals surface area contributed by atoms with Gasteiger partial charge in [0.05, 0.1) is 81.2 Å². The summed E-state index contributed by atoms with van der Waals surface area (Å²) in [6.07, 6.45) is 38.3. The predicted molar refractivity (Wildman–Crippen MR) is 486 cm³/mol. The lowest BCUT2D eigenvalue weighted by Crippen LogP contribution is -2.03. The topological polar surface area (TPSA) is 88.5 Å². The third kappa shape index (κ3) is 28.8. The summed E-state index contributed by atoms with van der Waals surface area (Å²) >= 11 is 1.69. The van der Waals surface area contributed by atoms with Crippen molar-refractivity contribution in [1.29, 1.82) is 0 Å². The fourth-order valence-electron chi connectivity index (χ4n) is 13.5. The highest BCUT2D eigenvalue weighted by Gasteiger charge is 2.16. The largest absolute Gasteiger partial charge is 0.492 e. The van der Waals surface area contributed by atoms with Crippen LogP contribution in [0.5, 0.6) is 23.0 Å². The molecule has 11 aromatic rings. The zero-order chi connectivity index (χ0) is 81.0. The minimum absolute atomic E-state index is 0.595. The van der Waals surface area contributed by atoms with Gasteiger partial charge in [-0.25, -0.2) is 0 Å². The Hall–Kier alpha value is -11.8. The Bertz CT molecular complexity index is 5270. The van der Waals surface area contributed by atoms with Gasteiger partial charge in [0.2, 0.25) is 0 Å². The molecule has 0 atom stereocenters. The van der Waals surface area contributed by atoms with Gasteiger partial charge in [-0.1, -0.05) is 301 Å². The van der Waals surface area contributed by atoms with Crippen LogP contribution in [0.1, 0.15) is 273 Å². The number of benzene rings is 6. The molecule has 0 bridgehead atoms. The Morgan fingerprint density at radius 3 is 0.863 bits per heavy atom. The number of hydrogen-bond acceptors (Lipinski definition) is 9. The summed E-state index contributed by atoms with van der Waals surface area (Å²) < 4.78 is 26.3. The van der Waals surface area contributed by atoms with Gasteiger partial charge >= 0.3 is 0 Å². The third-order valence-corrected chi connectivity index (χ3v) is 21.4. The number of nitrogens with zero attached hydrogens (tertiary/aromatic N) is 4. The quantitative estimate of drug-likeness (QED) is 0.0278. The molecule has 0 aliphatic heterocycles. The predicted octanol–water partition coefficient (Wildman–Crippen LogP) is 26.7. The number of ether oxygens (including phenoxy) is 4. The Morgan fingerprint density at radius 2 is 0.547 bits per heavy atom. The molecule has 0 unspecified atom stereocenters.